The lowest BCUT2D eigenvalue weighted by Gasteiger charge is -2.29. The molecule has 0 saturated heterocycles. The molecule has 3 rings (SSSR count). The molecular formula is C24H29N5O4. The summed E-state index contributed by atoms with van der Waals surface area (Å²) in [6, 6.07) is 7.32. The van der Waals surface area contributed by atoms with Crippen molar-refractivity contribution in [1.29, 1.82) is 0 Å². The summed E-state index contributed by atoms with van der Waals surface area (Å²) in [5.74, 6) is 0.310. The van der Waals surface area contributed by atoms with Gasteiger partial charge in [0.1, 0.15) is 17.0 Å². The second-order valence-electron chi connectivity index (χ2n) is 9.67. The van der Waals surface area contributed by atoms with Gasteiger partial charge in [0, 0.05) is 17.1 Å². The summed E-state index contributed by atoms with van der Waals surface area (Å²) in [4.78, 5) is 31.3. The summed E-state index contributed by atoms with van der Waals surface area (Å²) < 4.78 is 11.0. The number of anilines is 2. The third kappa shape index (κ3) is 5.74. The van der Waals surface area contributed by atoms with Gasteiger partial charge in [-0.1, -0.05) is 6.07 Å². The van der Waals surface area contributed by atoms with Crippen LogP contribution in [-0.4, -0.2) is 38.6 Å². The first-order chi connectivity index (χ1) is 15.2. The summed E-state index contributed by atoms with van der Waals surface area (Å²) in [6.07, 6.45) is 1.41. The van der Waals surface area contributed by atoms with Gasteiger partial charge in [-0.05, 0) is 77.8 Å². The lowest BCUT2D eigenvalue weighted by Crippen LogP contribution is -2.44. The van der Waals surface area contributed by atoms with Gasteiger partial charge in [0.2, 0.25) is 0 Å². The van der Waals surface area contributed by atoms with Crippen LogP contribution in [0.2, 0.25) is 0 Å². The maximum Gasteiger partial charge on any atom is 0.424 e. The molecule has 0 aliphatic rings. The standard InChI is InChI=1S/C24H29N5O4/c1-14-17(15-8-9-18-16(10-15)11-20(25)28-27-18)12-26-13-19(14)29(21(30)32-23(2,3)4)22(31)33-24(5,6)7/h8-13H,1-7H3,(H2,25,28). The average Bonchev–Trinajstić information content (AvgIpc) is 2.66. The number of benzene rings is 1. The van der Waals surface area contributed by atoms with Gasteiger partial charge in [0.25, 0.3) is 0 Å². The fourth-order valence-corrected chi connectivity index (χ4v) is 3.15. The Morgan fingerprint density at radius 2 is 1.52 bits per heavy atom. The molecule has 9 heteroatoms. The van der Waals surface area contributed by atoms with Gasteiger partial charge in [-0.2, -0.15) is 4.90 Å². The molecule has 2 heterocycles. The second kappa shape index (κ2) is 8.65. The number of hydrogen-bond acceptors (Lipinski definition) is 8. The number of nitrogens with two attached hydrogens (primary N) is 1. The van der Waals surface area contributed by atoms with Crippen molar-refractivity contribution in [2.45, 2.75) is 59.7 Å². The molecule has 3 aromatic rings. The minimum Gasteiger partial charge on any atom is -0.443 e. The highest BCUT2D eigenvalue weighted by Crippen LogP contribution is 2.33. The number of carbonyl (C=O) groups excluding carboxylic acids is 2. The van der Waals surface area contributed by atoms with E-state index in [0.717, 1.165) is 21.4 Å². The van der Waals surface area contributed by atoms with E-state index in [2.05, 4.69) is 15.2 Å². The number of ether oxygens (including phenoxy) is 2. The molecule has 1 aromatic carbocycles. The molecule has 0 fully saturated rings. The molecule has 174 valence electrons. The molecule has 9 nitrogen and oxygen atoms in total. The van der Waals surface area contributed by atoms with Crippen LogP contribution < -0.4 is 10.6 Å². The normalized spacial score (nSPS) is 11.8. The van der Waals surface area contributed by atoms with Crippen LogP contribution >= 0.6 is 0 Å². The van der Waals surface area contributed by atoms with E-state index in [-0.39, 0.29) is 5.69 Å². The first-order valence-electron chi connectivity index (χ1n) is 10.5. The van der Waals surface area contributed by atoms with Gasteiger partial charge in [0.05, 0.1) is 17.4 Å². The lowest BCUT2D eigenvalue weighted by atomic mass is 10.00. The highest BCUT2D eigenvalue weighted by atomic mass is 16.6. The molecule has 0 unspecified atom stereocenters. The Labute approximate surface area is 192 Å². The van der Waals surface area contributed by atoms with Crippen molar-refractivity contribution in [2.24, 2.45) is 0 Å². The molecule has 2 aromatic heterocycles. The number of aromatic nitrogens is 3. The van der Waals surface area contributed by atoms with E-state index >= 15 is 0 Å². The Hall–Kier alpha value is -3.75. The molecule has 2 amide bonds. The number of imide groups is 1. The molecule has 33 heavy (non-hydrogen) atoms. The number of carbonyl (C=O) groups is 2. The zero-order valence-electron chi connectivity index (χ0n) is 20.0. The molecule has 0 bridgehead atoms. The van der Waals surface area contributed by atoms with E-state index in [1.54, 1.807) is 60.7 Å². The van der Waals surface area contributed by atoms with Crippen molar-refractivity contribution in [1.82, 2.24) is 15.2 Å². The van der Waals surface area contributed by atoms with E-state index in [9.17, 15) is 9.59 Å². The summed E-state index contributed by atoms with van der Waals surface area (Å²) >= 11 is 0. The smallest absolute Gasteiger partial charge is 0.424 e. The molecule has 0 saturated carbocycles. The topological polar surface area (TPSA) is 121 Å². The second-order valence-corrected chi connectivity index (χ2v) is 9.67. The van der Waals surface area contributed by atoms with Gasteiger partial charge < -0.3 is 15.2 Å². The number of hydrogen-bond donors (Lipinski definition) is 1. The predicted octanol–water partition coefficient (Wildman–Crippen LogP) is 5.26. The van der Waals surface area contributed by atoms with E-state index in [1.165, 1.54) is 6.20 Å². The number of rotatable bonds is 2. The maximum absolute atomic E-state index is 13.0. The average molecular weight is 452 g/mol. The highest BCUT2D eigenvalue weighted by molar-refractivity contribution is 6.10. The Balaban J connectivity index is 2.11. The fourth-order valence-electron chi connectivity index (χ4n) is 3.15. The van der Waals surface area contributed by atoms with Crippen molar-refractivity contribution in [3.05, 3.63) is 42.2 Å². The number of nitrogens with zero attached hydrogens (tertiary/aromatic N) is 4. The van der Waals surface area contributed by atoms with E-state index in [1.807, 2.05) is 18.2 Å². The Morgan fingerprint density at radius 3 is 2.09 bits per heavy atom. The molecule has 0 spiro atoms. The zero-order valence-corrected chi connectivity index (χ0v) is 20.0. The van der Waals surface area contributed by atoms with Crippen LogP contribution in [0.3, 0.4) is 0 Å². The quantitative estimate of drug-likeness (QED) is 0.560. The lowest BCUT2D eigenvalue weighted by molar-refractivity contribution is 0.0430. The first kappa shape index (κ1) is 23.9. The molecule has 0 atom stereocenters. The maximum atomic E-state index is 13.0. The SMILES string of the molecule is Cc1c(-c2ccc3nnc(N)cc3c2)cncc1N(C(=O)OC(C)(C)C)C(=O)OC(C)(C)C. The Kier molecular flexibility index (Phi) is 6.26. The van der Waals surface area contributed by atoms with E-state index in [4.69, 9.17) is 15.2 Å². The van der Waals surface area contributed by atoms with Crippen LogP contribution in [0, 0.1) is 6.92 Å². The number of fused-ring (bicyclic) bond motifs is 1. The molecular weight excluding hydrogens is 422 g/mol. The third-order valence-corrected chi connectivity index (χ3v) is 4.50. The van der Waals surface area contributed by atoms with Crippen LogP contribution in [0.1, 0.15) is 47.1 Å². The molecule has 2 N–H and O–H groups in total. The van der Waals surface area contributed by atoms with E-state index < -0.39 is 23.4 Å². The minimum atomic E-state index is -0.847. The van der Waals surface area contributed by atoms with Crippen molar-refractivity contribution in [3.63, 3.8) is 0 Å². The minimum absolute atomic E-state index is 0.267. The molecule has 0 aliphatic heterocycles. The zero-order chi connectivity index (χ0) is 24.6. The van der Waals surface area contributed by atoms with Crippen LogP contribution in [0.25, 0.3) is 22.0 Å². The number of nitrogen functional groups attached to an aromatic ring is 1. The van der Waals surface area contributed by atoms with Gasteiger partial charge in [-0.15, -0.1) is 10.2 Å². The van der Waals surface area contributed by atoms with Crippen LogP contribution in [0.4, 0.5) is 21.1 Å². The van der Waals surface area contributed by atoms with Gasteiger partial charge in [-0.3, -0.25) is 4.98 Å². The monoisotopic (exact) mass is 451 g/mol. The van der Waals surface area contributed by atoms with Crippen molar-refractivity contribution < 1.29 is 19.1 Å². The third-order valence-electron chi connectivity index (χ3n) is 4.50. The van der Waals surface area contributed by atoms with E-state index in [0.29, 0.717) is 16.9 Å². The number of amides is 2. The van der Waals surface area contributed by atoms with Crippen LogP contribution in [0.15, 0.2) is 36.7 Å². The molecule has 0 aliphatic carbocycles. The Bertz CT molecular complexity index is 1180. The summed E-state index contributed by atoms with van der Waals surface area (Å²) in [5.41, 5.74) is 7.31. The first-order valence-corrected chi connectivity index (χ1v) is 10.5. The van der Waals surface area contributed by atoms with Crippen molar-refractivity contribution >= 4 is 34.6 Å². The number of pyridine rings is 1. The fraction of sp³-hybridized carbons (Fsp3) is 0.375. The van der Waals surface area contributed by atoms with Crippen molar-refractivity contribution in [2.75, 3.05) is 10.6 Å². The van der Waals surface area contributed by atoms with Gasteiger partial charge in [-0.25, -0.2) is 9.59 Å². The summed E-state index contributed by atoms with van der Waals surface area (Å²) in [5, 5.41) is 8.75. The largest absolute Gasteiger partial charge is 0.443 e. The van der Waals surface area contributed by atoms with Crippen molar-refractivity contribution in [3.8, 4) is 11.1 Å². The Morgan fingerprint density at radius 1 is 0.909 bits per heavy atom. The molecule has 0 radical (unpaired) electrons. The summed E-state index contributed by atoms with van der Waals surface area (Å²) in [7, 11) is 0. The van der Waals surface area contributed by atoms with Crippen LogP contribution in [-0.2, 0) is 9.47 Å². The van der Waals surface area contributed by atoms with Gasteiger partial charge >= 0.3 is 12.2 Å². The van der Waals surface area contributed by atoms with Crippen LogP contribution in [0.5, 0.6) is 0 Å². The summed E-state index contributed by atoms with van der Waals surface area (Å²) in [6.45, 7) is 12.2. The van der Waals surface area contributed by atoms with Gasteiger partial charge in [0.15, 0.2) is 0 Å². The highest BCUT2D eigenvalue weighted by Gasteiger charge is 2.34. The predicted molar refractivity (Wildman–Crippen MR) is 127 cm³/mol.